The summed E-state index contributed by atoms with van der Waals surface area (Å²) >= 11 is 0. The van der Waals surface area contributed by atoms with Crippen LogP contribution in [0.2, 0.25) is 0 Å². The lowest BCUT2D eigenvalue weighted by Crippen LogP contribution is -2.55. The van der Waals surface area contributed by atoms with Crippen LogP contribution in [0.5, 0.6) is 0 Å². The first-order chi connectivity index (χ1) is 24.0. The summed E-state index contributed by atoms with van der Waals surface area (Å²) < 4.78 is 25.1. The van der Waals surface area contributed by atoms with Crippen LogP contribution in [0.15, 0.2) is 103 Å². The molecule has 4 aromatic rings. The monoisotopic (exact) mass is 694 g/mol. The summed E-state index contributed by atoms with van der Waals surface area (Å²) in [5, 5.41) is 2.89. The van der Waals surface area contributed by atoms with E-state index < -0.39 is 15.9 Å². The maximum Gasteiger partial charge on any atom is 0.264 e. The third kappa shape index (κ3) is 10.9. The van der Waals surface area contributed by atoms with E-state index in [4.69, 9.17) is 0 Å². The zero-order valence-corrected chi connectivity index (χ0v) is 29.6. The maximum atomic E-state index is 14.0. The second kappa shape index (κ2) is 17.2. The first-order valence-corrected chi connectivity index (χ1v) is 19.0. The van der Waals surface area contributed by atoms with Crippen LogP contribution < -0.4 is 10.0 Å². The summed E-state index contributed by atoms with van der Waals surface area (Å²) in [6.45, 7) is 5.01. The van der Waals surface area contributed by atoms with Gasteiger partial charge in [-0.15, -0.1) is 0 Å². The molecule has 1 saturated heterocycles. The molecule has 1 atom stereocenters. The predicted molar refractivity (Wildman–Crippen MR) is 196 cm³/mol. The minimum atomic E-state index is -3.67. The van der Waals surface area contributed by atoms with Gasteiger partial charge >= 0.3 is 0 Å². The fourth-order valence-electron chi connectivity index (χ4n) is 6.61. The molecule has 0 spiro atoms. The lowest BCUT2D eigenvalue weighted by atomic mass is 9.93. The van der Waals surface area contributed by atoms with E-state index in [2.05, 4.69) is 46.6 Å². The highest BCUT2D eigenvalue weighted by Crippen LogP contribution is 2.22. The van der Waals surface area contributed by atoms with Gasteiger partial charge in [0, 0.05) is 57.7 Å². The molecule has 10 heteroatoms. The molecular formula is C40H46N4O5S. The molecule has 1 fully saturated rings. The largest absolute Gasteiger partial charge is 0.356 e. The molecule has 50 heavy (non-hydrogen) atoms. The van der Waals surface area contributed by atoms with Gasteiger partial charge in [-0.3, -0.25) is 19.3 Å². The normalized spacial score (nSPS) is 15.0. The van der Waals surface area contributed by atoms with Gasteiger partial charge in [-0.2, -0.15) is 0 Å². The molecule has 5 rings (SSSR count). The van der Waals surface area contributed by atoms with Crippen molar-refractivity contribution in [2.45, 2.75) is 51.6 Å². The van der Waals surface area contributed by atoms with Gasteiger partial charge in [-0.05, 0) is 71.2 Å². The van der Waals surface area contributed by atoms with E-state index in [-0.39, 0.29) is 23.4 Å². The number of piperazine rings is 1. The summed E-state index contributed by atoms with van der Waals surface area (Å²) in [7, 11) is -3.67. The molecule has 0 aromatic heterocycles. The number of nitrogens with zero attached hydrogens (tertiary/aromatic N) is 2. The van der Waals surface area contributed by atoms with E-state index in [0.717, 1.165) is 43.3 Å². The van der Waals surface area contributed by atoms with Gasteiger partial charge < -0.3 is 10.2 Å². The Morgan fingerprint density at radius 1 is 0.740 bits per heavy atom. The van der Waals surface area contributed by atoms with Gasteiger partial charge in [-0.1, -0.05) is 91.0 Å². The quantitative estimate of drug-likeness (QED) is 0.201. The number of aryl methyl sites for hydroxylation is 1. The molecule has 1 aliphatic heterocycles. The molecular weight excluding hydrogens is 649 g/mol. The molecule has 2 N–H and O–H groups in total. The molecule has 0 bridgehead atoms. The number of amides is 3. The Morgan fingerprint density at radius 3 is 1.96 bits per heavy atom. The van der Waals surface area contributed by atoms with Crippen LogP contribution in [0.3, 0.4) is 0 Å². The fraction of sp³-hybridized carbons (Fsp3) is 0.325. The Labute approximate surface area is 295 Å². The molecule has 0 radical (unpaired) electrons. The second-order valence-electron chi connectivity index (χ2n) is 13.0. The zero-order valence-electron chi connectivity index (χ0n) is 28.8. The van der Waals surface area contributed by atoms with Crippen LogP contribution in [0.1, 0.15) is 57.1 Å². The molecule has 0 saturated carbocycles. The highest BCUT2D eigenvalue weighted by Gasteiger charge is 2.30. The van der Waals surface area contributed by atoms with Crippen molar-refractivity contribution in [2.75, 3.05) is 32.4 Å². The Balaban J connectivity index is 1.28. The summed E-state index contributed by atoms with van der Waals surface area (Å²) in [6, 6.07) is 33.8. The van der Waals surface area contributed by atoms with Crippen LogP contribution in [-0.4, -0.2) is 74.4 Å². The van der Waals surface area contributed by atoms with Gasteiger partial charge in [0.2, 0.25) is 21.8 Å². The standard InChI is InChI=1S/C40H46N4O5S/c1-30(45)41-23-22-34-13-7-9-15-37(34)27-36-14-8-6-12-33(36)20-21-39(46)44-25-24-43(28-32-10-4-3-5-11-32)29-38(44)26-31-16-18-35(19-17-31)40(47)42-50(2,48)49/h3-19,38H,20-29H2,1-2H3,(H,41,45)(H,42,47). The summed E-state index contributed by atoms with van der Waals surface area (Å²) in [6.07, 6.45) is 4.08. The third-order valence-electron chi connectivity index (χ3n) is 9.10. The minimum absolute atomic E-state index is 0.0359. The smallest absolute Gasteiger partial charge is 0.264 e. The van der Waals surface area contributed by atoms with Crippen molar-refractivity contribution in [3.8, 4) is 0 Å². The lowest BCUT2D eigenvalue weighted by Gasteiger charge is -2.42. The molecule has 1 heterocycles. The van der Waals surface area contributed by atoms with Gasteiger partial charge in [0.1, 0.15) is 0 Å². The predicted octanol–water partition coefficient (Wildman–Crippen LogP) is 4.53. The van der Waals surface area contributed by atoms with Crippen LogP contribution in [0.25, 0.3) is 0 Å². The van der Waals surface area contributed by atoms with Crippen LogP contribution in [0, 0.1) is 0 Å². The van der Waals surface area contributed by atoms with Crippen molar-refractivity contribution < 1.29 is 22.8 Å². The molecule has 262 valence electrons. The van der Waals surface area contributed by atoms with E-state index in [0.29, 0.717) is 38.9 Å². The molecule has 0 aliphatic carbocycles. The van der Waals surface area contributed by atoms with Crippen molar-refractivity contribution in [2.24, 2.45) is 0 Å². The third-order valence-corrected chi connectivity index (χ3v) is 9.65. The van der Waals surface area contributed by atoms with Crippen molar-refractivity contribution in [3.05, 3.63) is 142 Å². The Kier molecular flexibility index (Phi) is 12.6. The van der Waals surface area contributed by atoms with Crippen LogP contribution in [0.4, 0.5) is 0 Å². The topological polar surface area (TPSA) is 116 Å². The van der Waals surface area contributed by atoms with E-state index in [1.54, 1.807) is 12.1 Å². The highest BCUT2D eigenvalue weighted by molar-refractivity contribution is 7.89. The number of rotatable bonds is 14. The minimum Gasteiger partial charge on any atom is -0.356 e. The summed E-state index contributed by atoms with van der Waals surface area (Å²) in [5.41, 5.74) is 7.21. The number of hydrogen-bond donors (Lipinski definition) is 2. The van der Waals surface area contributed by atoms with Crippen molar-refractivity contribution in [3.63, 3.8) is 0 Å². The highest BCUT2D eigenvalue weighted by atomic mass is 32.2. The summed E-state index contributed by atoms with van der Waals surface area (Å²) in [4.78, 5) is 42.1. The van der Waals surface area contributed by atoms with E-state index in [9.17, 15) is 22.8 Å². The summed E-state index contributed by atoms with van der Waals surface area (Å²) in [5.74, 6) is -0.591. The number of benzene rings is 4. The number of nitrogens with one attached hydrogen (secondary N) is 2. The maximum absolute atomic E-state index is 14.0. The molecule has 3 amide bonds. The number of carbonyl (C=O) groups is 3. The van der Waals surface area contributed by atoms with Crippen LogP contribution >= 0.6 is 0 Å². The first kappa shape index (κ1) is 36.5. The second-order valence-corrected chi connectivity index (χ2v) is 14.8. The van der Waals surface area contributed by atoms with Gasteiger partial charge in [-0.25, -0.2) is 13.1 Å². The SMILES string of the molecule is CC(=O)NCCc1ccccc1Cc1ccccc1CCC(=O)N1CCN(Cc2ccccc2)CC1Cc1ccc(C(=O)NS(C)(=O)=O)cc1. The van der Waals surface area contributed by atoms with Crippen molar-refractivity contribution >= 4 is 27.7 Å². The molecule has 1 aliphatic rings. The Morgan fingerprint density at radius 2 is 1.34 bits per heavy atom. The zero-order chi connectivity index (χ0) is 35.5. The van der Waals surface area contributed by atoms with Crippen molar-refractivity contribution in [1.82, 2.24) is 19.8 Å². The lowest BCUT2D eigenvalue weighted by molar-refractivity contribution is -0.136. The van der Waals surface area contributed by atoms with Gasteiger partial charge in [0.15, 0.2) is 0 Å². The molecule has 1 unspecified atom stereocenters. The number of carbonyl (C=O) groups excluding carboxylic acids is 3. The van der Waals surface area contributed by atoms with Crippen molar-refractivity contribution in [1.29, 1.82) is 0 Å². The number of sulfonamides is 1. The fourth-order valence-corrected chi connectivity index (χ4v) is 7.07. The van der Waals surface area contributed by atoms with E-state index in [1.165, 1.54) is 29.2 Å². The van der Waals surface area contributed by atoms with E-state index >= 15 is 0 Å². The number of hydrogen-bond acceptors (Lipinski definition) is 6. The Bertz CT molecular complexity index is 1880. The molecule has 4 aromatic carbocycles. The van der Waals surface area contributed by atoms with Gasteiger partial charge in [0.05, 0.1) is 6.26 Å². The van der Waals surface area contributed by atoms with Crippen LogP contribution in [-0.2, 0) is 51.8 Å². The van der Waals surface area contributed by atoms with Gasteiger partial charge in [0.25, 0.3) is 5.91 Å². The average molecular weight is 695 g/mol. The molecule has 9 nitrogen and oxygen atoms in total. The Hall–Kier alpha value is -4.80. The average Bonchev–Trinajstić information content (AvgIpc) is 3.08. The van der Waals surface area contributed by atoms with E-state index in [1.807, 2.05) is 64.2 Å². The first-order valence-electron chi connectivity index (χ1n) is 17.1.